The summed E-state index contributed by atoms with van der Waals surface area (Å²) >= 11 is 0. The van der Waals surface area contributed by atoms with Crippen LogP contribution in [-0.4, -0.2) is 64.1 Å². The molecule has 30 heavy (non-hydrogen) atoms. The third-order valence-electron chi connectivity index (χ3n) is 5.37. The van der Waals surface area contributed by atoms with Crippen LogP contribution in [0, 0.1) is 5.82 Å². The molecule has 1 atom stereocenters. The van der Waals surface area contributed by atoms with Crippen molar-refractivity contribution in [2.75, 3.05) is 50.9 Å². The summed E-state index contributed by atoms with van der Waals surface area (Å²) in [5, 5.41) is 6.89. The zero-order valence-electron chi connectivity index (χ0n) is 17.9. The number of halogens is 2. The monoisotopic (exact) mass is 534 g/mol. The quantitative estimate of drug-likeness (QED) is 0.231. The molecule has 0 aliphatic carbocycles. The fraction of sp³-hybridized carbons (Fsp3) is 0.682. The molecule has 1 aromatic rings. The summed E-state index contributed by atoms with van der Waals surface area (Å²) in [6.07, 6.45) is 5.41. The second kappa shape index (κ2) is 14.0. The van der Waals surface area contributed by atoms with E-state index in [1.54, 1.807) is 12.1 Å². The Kier molecular flexibility index (Phi) is 11.8. The predicted octanol–water partition coefficient (Wildman–Crippen LogP) is 3.55. The van der Waals surface area contributed by atoms with Crippen LogP contribution in [0.2, 0.25) is 0 Å². The van der Waals surface area contributed by atoms with Crippen LogP contribution in [0.5, 0.6) is 0 Å². The molecule has 1 aromatic carbocycles. The Bertz CT molecular complexity index is 643. The van der Waals surface area contributed by atoms with Gasteiger partial charge >= 0.3 is 0 Å². The largest absolute Gasteiger partial charge is 0.381 e. The molecule has 170 valence electrons. The van der Waals surface area contributed by atoms with Gasteiger partial charge in [0.05, 0.1) is 6.10 Å². The van der Waals surface area contributed by atoms with Crippen molar-refractivity contribution in [1.29, 1.82) is 0 Å². The molecule has 0 amide bonds. The predicted molar refractivity (Wildman–Crippen MR) is 131 cm³/mol. The van der Waals surface area contributed by atoms with Crippen LogP contribution < -0.4 is 15.5 Å². The maximum absolute atomic E-state index is 13.6. The second-order valence-electron chi connectivity index (χ2n) is 7.71. The summed E-state index contributed by atoms with van der Waals surface area (Å²) in [6, 6.07) is 7.15. The number of nitrogens with one attached hydrogen (secondary N) is 2. The molecule has 2 heterocycles. The molecule has 3 rings (SSSR count). The van der Waals surface area contributed by atoms with Gasteiger partial charge in [-0.15, -0.1) is 24.0 Å². The van der Waals surface area contributed by atoms with E-state index >= 15 is 0 Å². The minimum atomic E-state index is -0.185. The van der Waals surface area contributed by atoms with Crippen LogP contribution in [0.4, 0.5) is 10.1 Å². The maximum Gasteiger partial charge on any atom is 0.191 e. The van der Waals surface area contributed by atoms with Gasteiger partial charge in [-0.25, -0.2) is 4.39 Å². The number of aliphatic imine (C=N–C) groups is 1. The number of piperidine rings is 1. The number of hydrogen-bond donors (Lipinski definition) is 2. The smallest absolute Gasteiger partial charge is 0.191 e. The first kappa shape index (κ1) is 25.1. The van der Waals surface area contributed by atoms with Crippen molar-refractivity contribution in [2.24, 2.45) is 4.99 Å². The van der Waals surface area contributed by atoms with Crippen molar-refractivity contribution in [3.05, 3.63) is 30.1 Å². The topological polar surface area (TPSA) is 58.1 Å². The standard InChI is InChI=1S/C22H35FN4O2.HI/c1-2-24-22(25-11-5-13-29-21-9-14-28-15-10-21)26-19-7-4-12-27(17-19)20-8-3-6-18(23)16-20;/h3,6,8,16,19,21H,2,4-5,7,9-15,17H2,1H3,(H2,24,25,26);1H. The Labute approximate surface area is 197 Å². The Balaban J connectivity index is 0.00000320. The molecule has 0 aromatic heterocycles. The molecule has 2 saturated heterocycles. The molecule has 0 radical (unpaired) electrons. The molecule has 6 nitrogen and oxygen atoms in total. The van der Waals surface area contributed by atoms with Crippen LogP contribution in [-0.2, 0) is 9.47 Å². The van der Waals surface area contributed by atoms with Crippen LogP contribution in [0.1, 0.15) is 39.0 Å². The lowest BCUT2D eigenvalue weighted by molar-refractivity contribution is -0.0318. The van der Waals surface area contributed by atoms with E-state index < -0.39 is 0 Å². The average molecular weight is 534 g/mol. The third-order valence-corrected chi connectivity index (χ3v) is 5.37. The van der Waals surface area contributed by atoms with Gasteiger partial charge in [-0.05, 0) is 57.2 Å². The van der Waals surface area contributed by atoms with E-state index in [0.29, 0.717) is 12.1 Å². The van der Waals surface area contributed by atoms with Crippen LogP contribution in [0.15, 0.2) is 29.3 Å². The summed E-state index contributed by atoms with van der Waals surface area (Å²) < 4.78 is 24.8. The first-order valence-corrected chi connectivity index (χ1v) is 11.0. The van der Waals surface area contributed by atoms with Crippen LogP contribution in [0.25, 0.3) is 0 Å². The maximum atomic E-state index is 13.6. The lowest BCUT2D eigenvalue weighted by Crippen LogP contribution is -2.51. The van der Waals surface area contributed by atoms with Gasteiger partial charge in [-0.3, -0.25) is 4.99 Å². The van der Waals surface area contributed by atoms with E-state index in [1.165, 1.54) is 6.07 Å². The molecular formula is C22H36FIN4O2. The number of rotatable bonds is 8. The van der Waals surface area contributed by atoms with E-state index in [0.717, 1.165) is 89.8 Å². The van der Waals surface area contributed by atoms with Crippen LogP contribution in [0.3, 0.4) is 0 Å². The number of nitrogens with zero attached hydrogens (tertiary/aromatic N) is 2. The average Bonchev–Trinajstić information content (AvgIpc) is 2.74. The molecule has 2 fully saturated rings. The minimum absolute atomic E-state index is 0. The van der Waals surface area contributed by atoms with E-state index in [-0.39, 0.29) is 29.8 Å². The van der Waals surface area contributed by atoms with E-state index in [9.17, 15) is 4.39 Å². The normalized spacial score (nSPS) is 20.5. The lowest BCUT2D eigenvalue weighted by Gasteiger charge is -2.35. The summed E-state index contributed by atoms with van der Waals surface area (Å²) in [6.45, 7) is 7.80. The second-order valence-corrected chi connectivity index (χ2v) is 7.71. The highest BCUT2D eigenvalue weighted by Gasteiger charge is 2.21. The van der Waals surface area contributed by atoms with Crippen LogP contribution >= 0.6 is 24.0 Å². The molecule has 2 N–H and O–H groups in total. The summed E-state index contributed by atoms with van der Waals surface area (Å²) in [5.41, 5.74) is 0.948. The highest BCUT2D eigenvalue weighted by molar-refractivity contribution is 14.0. The van der Waals surface area contributed by atoms with Gasteiger partial charge < -0.3 is 25.0 Å². The van der Waals surface area contributed by atoms with Gasteiger partial charge in [-0.2, -0.15) is 0 Å². The summed E-state index contributed by atoms with van der Waals surface area (Å²) in [4.78, 5) is 6.96. The molecule has 0 saturated carbocycles. The highest BCUT2D eigenvalue weighted by atomic mass is 127. The van der Waals surface area contributed by atoms with E-state index in [4.69, 9.17) is 14.5 Å². The number of benzene rings is 1. The van der Waals surface area contributed by atoms with Crippen molar-refractivity contribution in [1.82, 2.24) is 10.6 Å². The van der Waals surface area contributed by atoms with E-state index in [1.807, 2.05) is 6.07 Å². The first-order chi connectivity index (χ1) is 14.2. The van der Waals surface area contributed by atoms with Crippen molar-refractivity contribution in [2.45, 2.75) is 51.2 Å². The van der Waals surface area contributed by atoms with Gasteiger partial charge in [-0.1, -0.05) is 6.07 Å². The third kappa shape index (κ3) is 8.55. The van der Waals surface area contributed by atoms with Crippen molar-refractivity contribution in [3.8, 4) is 0 Å². The van der Waals surface area contributed by atoms with Crippen molar-refractivity contribution in [3.63, 3.8) is 0 Å². The van der Waals surface area contributed by atoms with Gasteiger partial charge in [0, 0.05) is 57.7 Å². The highest BCUT2D eigenvalue weighted by Crippen LogP contribution is 2.20. The number of anilines is 1. The Hall–Kier alpha value is -1.13. The lowest BCUT2D eigenvalue weighted by atomic mass is 10.0. The molecule has 1 unspecified atom stereocenters. The van der Waals surface area contributed by atoms with E-state index in [2.05, 4.69) is 22.5 Å². The summed E-state index contributed by atoms with van der Waals surface area (Å²) in [7, 11) is 0. The Morgan fingerprint density at radius 3 is 2.90 bits per heavy atom. The van der Waals surface area contributed by atoms with Gasteiger partial charge in [0.1, 0.15) is 5.82 Å². The molecule has 2 aliphatic rings. The minimum Gasteiger partial charge on any atom is -0.381 e. The zero-order valence-corrected chi connectivity index (χ0v) is 20.3. The Morgan fingerprint density at radius 2 is 2.13 bits per heavy atom. The van der Waals surface area contributed by atoms with Gasteiger partial charge in [0.2, 0.25) is 0 Å². The number of guanidine groups is 1. The molecule has 0 spiro atoms. The number of ether oxygens (including phenoxy) is 2. The Morgan fingerprint density at radius 1 is 1.30 bits per heavy atom. The van der Waals surface area contributed by atoms with Crippen molar-refractivity contribution < 1.29 is 13.9 Å². The first-order valence-electron chi connectivity index (χ1n) is 11.0. The number of hydrogen-bond acceptors (Lipinski definition) is 4. The molecule has 8 heteroatoms. The van der Waals surface area contributed by atoms with Crippen molar-refractivity contribution >= 4 is 35.6 Å². The fourth-order valence-corrected chi connectivity index (χ4v) is 3.86. The molecule has 2 aliphatic heterocycles. The molecule has 0 bridgehead atoms. The SMILES string of the molecule is CCNC(=NCCCOC1CCOCC1)NC1CCCN(c2cccc(F)c2)C1.I. The van der Waals surface area contributed by atoms with Gasteiger partial charge in [0.15, 0.2) is 5.96 Å². The fourth-order valence-electron chi connectivity index (χ4n) is 3.86. The van der Waals surface area contributed by atoms with Gasteiger partial charge in [0.25, 0.3) is 0 Å². The molecular weight excluding hydrogens is 498 g/mol. The summed E-state index contributed by atoms with van der Waals surface area (Å²) in [5.74, 6) is 0.667. The zero-order chi connectivity index (χ0) is 20.3.